The first-order chi connectivity index (χ1) is 42.0. The zero-order valence-electron chi connectivity index (χ0n) is 56.0. The molecule has 448 valence electrons. The summed E-state index contributed by atoms with van der Waals surface area (Å²) in [6.07, 6.45) is 0. The van der Waals surface area contributed by atoms with Crippen molar-refractivity contribution in [1.29, 1.82) is 0 Å². The Morgan fingerprint density at radius 1 is 0.303 bits per heavy atom. The molecule has 0 unspecified atom stereocenters. The predicted molar refractivity (Wildman–Crippen MR) is 385 cm³/mol. The molecule has 0 atom stereocenters. The van der Waals surface area contributed by atoms with E-state index in [1.165, 1.54) is 128 Å². The topological polar surface area (TPSA) is 18.5 Å². The van der Waals surface area contributed by atoms with Crippen molar-refractivity contribution in [2.24, 2.45) is 0 Å². The fourth-order valence-electron chi connectivity index (χ4n) is 14.6. The number of fused-ring (bicyclic) bond motifs is 5. The van der Waals surface area contributed by atoms with Crippen LogP contribution in [0.1, 0.15) is 166 Å². The molecule has 0 fully saturated rings. The van der Waals surface area contributed by atoms with Gasteiger partial charge in [0.05, 0.1) is 17.1 Å². The van der Waals surface area contributed by atoms with Gasteiger partial charge in [0.1, 0.15) is 0 Å². The number of rotatable bonds is 8. The van der Waals surface area contributed by atoms with Gasteiger partial charge >= 0.3 is 0 Å². The Morgan fingerprint density at radius 2 is 0.685 bits per heavy atom. The zero-order valence-corrected chi connectivity index (χ0v) is 56.0. The van der Waals surface area contributed by atoms with Gasteiger partial charge in [0.25, 0.3) is 0 Å². The molecule has 89 heavy (non-hydrogen) atoms. The lowest BCUT2D eigenvalue weighted by molar-refractivity contribution is 0.589. The maximum Gasteiger partial charge on any atom is 0.0540 e. The molecule has 11 aromatic carbocycles. The lowest BCUT2D eigenvalue weighted by Gasteiger charge is -2.40. The van der Waals surface area contributed by atoms with Crippen LogP contribution in [0.25, 0.3) is 54.9 Å². The number of anilines is 8. The molecular weight excluding hydrogens is 1070 g/mol. The smallest absolute Gasteiger partial charge is 0.0540 e. The van der Waals surface area contributed by atoms with Crippen LogP contribution in [0.3, 0.4) is 0 Å². The number of nitrogens with zero attached hydrogens (tertiary/aromatic N) is 2. The third kappa shape index (κ3) is 10.1. The van der Waals surface area contributed by atoms with E-state index in [-0.39, 0.29) is 32.5 Å². The third-order valence-electron chi connectivity index (χ3n) is 20.0. The number of aryl methyl sites for hydroxylation is 1. The van der Waals surface area contributed by atoms with Crippen molar-refractivity contribution < 1.29 is 0 Å². The van der Waals surface area contributed by atoms with Crippen LogP contribution in [0.15, 0.2) is 206 Å². The standard InChI is InChI=1S/C86H89N3/c1-53-48-60(84(12,13)14)36-45-76(53)89(63-41-34-59(35-42-63)83(9,10)11)78-47-44-65(67-25-20-22-27-69(67)78)56-50-71-70-49-55(51-74(54(70)2)85(15,16)72-28-23-29-73-80(72)87-79(71)75(52-56)86(73,17)18)64-43-46-77(68-26-21-19-24-66(64)68)88(61-37-30-57(31-38-61)81(3,4)5)62-39-32-58(33-40-62)82(6,7)8/h19-52,87H,1-18H3. The number of benzene rings is 11. The highest BCUT2D eigenvalue weighted by Gasteiger charge is 2.41. The highest BCUT2D eigenvalue weighted by molar-refractivity contribution is 6.09. The Bertz CT molecular complexity index is 4540. The summed E-state index contributed by atoms with van der Waals surface area (Å²) in [4.78, 5) is 4.96. The third-order valence-corrected chi connectivity index (χ3v) is 20.0. The van der Waals surface area contributed by atoms with E-state index in [4.69, 9.17) is 0 Å². The molecule has 0 amide bonds. The van der Waals surface area contributed by atoms with Gasteiger partial charge in [-0.05, 0) is 209 Å². The zero-order chi connectivity index (χ0) is 63.1. The second-order valence-corrected chi connectivity index (χ2v) is 30.9. The largest absolute Gasteiger partial charge is 0.354 e. The van der Waals surface area contributed by atoms with E-state index in [0.29, 0.717) is 0 Å². The summed E-state index contributed by atoms with van der Waals surface area (Å²) in [7, 11) is 0. The van der Waals surface area contributed by atoms with Gasteiger partial charge in [0, 0.05) is 55.6 Å². The summed E-state index contributed by atoms with van der Waals surface area (Å²) in [5.74, 6) is 0. The molecule has 13 rings (SSSR count). The highest BCUT2D eigenvalue weighted by atomic mass is 15.2. The van der Waals surface area contributed by atoms with Gasteiger partial charge < -0.3 is 15.1 Å². The molecule has 2 aliphatic heterocycles. The molecule has 1 N–H and O–H groups in total. The second-order valence-electron chi connectivity index (χ2n) is 30.9. The lowest BCUT2D eigenvalue weighted by atomic mass is 9.69. The number of hydrogen-bond donors (Lipinski definition) is 1. The van der Waals surface area contributed by atoms with E-state index < -0.39 is 0 Å². The molecule has 4 bridgehead atoms. The molecule has 0 saturated carbocycles. The number of hydrogen-bond acceptors (Lipinski definition) is 3. The SMILES string of the molecule is Cc1cc(C(C)(C)C)ccc1N(c1ccc(C(C)(C)C)cc1)c1ccc(-c2cc3c4c(c2)C(C)(C)c2cccc(c2N4)C(C)(C)c2cc(-c4ccc(N(c5ccc(C(C)(C)C)cc5)c5ccc(C(C)(C)C)cc5)c5ccccc45)cc-3c2C)c2ccccc12. The van der Waals surface area contributed by atoms with Crippen LogP contribution in [-0.2, 0) is 32.5 Å². The van der Waals surface area contributed by atoms with Crippen molar-refractivity contribution in [3.63, 3.8) is 0 Å². The average molecular weight is 1160 g/mol. The fraction of sp³-hybridized carbons (Fsp3) is 0.279. The van der Waals surface area contributed by atoms with E-state index in [9.17, 15) is 0 Å². The monoisotopic (exact) mass is 1160 g/mol. The summed E-state index contributed by atoms with van der Waals surface area (Å²) in [5.41, 5.74) is 29.1. The molecule has 0 spiro atoms. The Balaban J connectivity index is 1.02. The molecule has 0 aliphatic carbocycles. The van der Waals surface area contributed by atoms with Crippen LogP contribution in [0.4, 0.5) is 45.5 Å². The van der Waals surface area contributed by atoms with Crippen molar-refractivity contribution in [1.82, 2.24) is 0 Å². The molecule has 0 aromatic heterocycles. The molecule has 11 aromatic rings. The first kappa shape index (κ1) is 59.3. The first-order valence-corrected chi connectivity index (χ1v) is 32.3. The Morgan fingerprint density at radius 3 is 1.13 bits per heavy atom. The van der Waals surface area contributed by atoms with Gasteiger partial charge in [0.2, 0.25) is 0 Å². The number of para-hydroxylation sites is 1. The van der Waals surface area contributed by atoms with E-state index >= 15 is 0 Å². The van der Waals surface area contributed by atoms with E-state index in [2.05, 4.69) is 346 Å². The summed E-state index contributed by atoms with van der Waals surface area (Å²) >= 11 is 0. The number of nitrogens with one attached hydrogen (secondary N) is 1. The van der Waals surface area contributed by atoms with Crippen LogP contribution in [-0.4, -0.2) is 0 Å². The minimum absolute atomic E-state index is 0.0250. The molecule has 2 heterocycles. The van der Waals surface area contributed by atoms with Crippen LogP contribution in [0, 0.1) is 13.8 Å². The summed E-state index contributed by atoms with van der Waals surface area (Å²) in [5, 5.41) is 9.06. The average Bonchev–Trinajstić information content (AvgIpc) is 1.68. The maximum absolute atomic E-state index is 4.23. The van der Waals surface area contributed by atoms with Crippen LogP contribution in [0.2, 0.25) is 0 Å². The van der Waals surface area contributed by atoms with Crippen LogP contribution >= 0.6 is 0 Å². The fourth-order valence-corrected chi connectivity index (χ4v) is 14.6. The van der Waals surface area contributed by atoms with Gasteiger partial charge in [-0.3, -0.25) is 0 Å². The Hall–Kier alpha value is -8.66. The van der Waals surface area contributed by atoms with Crippen molar-refractivity contribution in [3.8, 4) is 33.4 Å². The normalized spacial score (nSPS) is 14.2. The van der Waals surface area contributed by atoms with E-state index in [0.717, 1.165) is 28.4 Å². The minimum atomic E-state index is -0.368. The van der Waals surface area contributed by atoms with Gasteiger partial charge in [-0.25, -0.2) is 0 Å². The summed E-state index contributed by atoms with van der Waals surface area (Å²) < 4.78 is 0. The van der Waals surface area contributed by atoms with Crippen LogP contribution in [0.5, 0.6) is 0 Å². The quantitative estimate of drug-likeness (QED) is 0.164. The lowest BCUT2D eigenvalue weighted by Crippen LogP contribution is -2.29. The van der Waals surface area contributed by atoms with Gasteiger partial charge in [-0.1, -0.05) is 238 Å². The van der Waals surface area contributed by atoms with Crippen molar-refractivity contribution in [3.05, 3.63) is 262 Å². The van der Waals surface area contributed by atoms with Gasteiger partial charge in [0.15, 0.2) is 0 Å². The summed E-state index contributed by atoms with van der Waals surface area (Å²) in [6.45, 7) is 41.9. The molecule has 0 radical (unpaired) electrons. The summed E-state index contributed by atoms with van der Waals surface area (Å²) in [6, 6.07) is 79.6. The van der Waals surface area contributed by atoms with Gasteiger partial charge in [-0.2, -0.15) is 0 Å². The molecule has 2 aliphatic rings. The van der Waals surface area contributed by atoms with Crippen molar-refractivity contribution >= 4 is 67.0 Å². The van der Waals surface area contributed by atoms with E-state index in [1.807, 2.05) is 0 Å². The molecule has 0 saturated heterocycles. The molecule has 3 heteroatoms. The first-order valence-electron chi connectivity index (χ1n) is 32.3. The molecular formula is C86H89N3. The maximum atomic E-state index is 4.23. The minimum Gasteiger partial charge on any atom is -0.354 e. The Kier molecular flexibility index (Phi) is 14.0. The predicted octanol–water partition coefficient (Wildman–Crippen LogP) is 24.8. The Labute approximate surface area is 531 Å². The second kappa shape index (κ2) is 21.0. The van der Waals surface area contributed by atoms with Gasteiger partial charge in [-0.15, -0.1) is 0 Å². The molecule has 3 nitrogen and oxygen atoms in total. The van der Waals surface area contributed by atoms with E-state index in [1.54, 1.807) is 0 Å². The van der Waals surface area contributed by atoms with Crippen molar-refractivity contribution in [2.75, 3.05) is 15.1 Å². The highest BCUT2D eigenvalue weighted by Crippen LogP contribution is 2.57. The van der Waals surface area contributed by atoms with Crippen LogP contribution < -0.4 is 15.1 Å². The van der Waals surface area contributed by atoms with Crippen molar-refractivity contribution in [2.45, 2.75) is 157 Å².